The molecule has 0 aliphatic heterocycles. The fourth-order valence-electron chi connectivity index (χ4n) is 2.71. The Morgan fingerprint density at radius 1 is 1.15 bits per heavy atom. The van der Waals surface area contributed by atoms with E-state index < -0.39 is 21.0 Å². The lowest BCUT2D eigenvalue weighted by molar-refractivity contribution is 0.0926. The molecule has 0 radical (unpaired) electrons. The topological polar surface area (TPSA) is 89.3 Å². The molecule has 0 aliphatic carbocycles. The molecule has 7 heteroatoms. The molecule has 0 spiro atoms. The van der Waals surface area contributed by atoms with Gasteiger partial charge in [-0.15, -0.1) is 0 Å². The average molecular weight is 384 g/mol. The molecule has 1 aromatic carbocycles. The summed E-state index contributed by atoms with van der Waals surface area (Å²) in [4.78, 5) is 16.4. The number of benzene rings is 1. The molecule has 0 saturated carbocycles. The average Bonchev–Trinajstić information content (AvgIpc) is 3.19. The van der Waals surface area contributed by atoms with Crippen molar-refractivity contribution in [3.05, 3.63) is 83.6 Å². The van der Waals surface area contributed by atoms with Crippen molar-refractivity contribution in [1.29, 1.82) is 0 Å². The summed E-state index contributed by atoms with van der Waals surface area (Å²) in [5.74, 6) is -0.340. The number of hydrogen-bond donors (Lipinski definition) is 1. The van der Waals surface area contributed by atoms with Gasteiger partial charge in [-0.1, -0.05) is 12.1 Å². The molecule has 1 amide bonds. The highest BCUT2D eigenvalue weighted by Gasteiger charge is 2.30. The van der Waals surface area contributed by atoms with Gasteiger partial charge in [0.2, 0.25) is 0 Å². The Morgan fingerprint density at radius 3 is 2.59 bits per heavy atom. The molecule has 2 aromatic heterocycles. The minimum absolute atomic E-state index is 0.0967. The Kier molecular flexibility index (Phi) is 5.41. The summed E-state index contributed by atoms with van der Waals surface area (Å²) in [5.41, 5.74) is 2.41. The third-order valence-electron chi connectivity index (χ3n) is 4.43. The highest BCUT2D eigenvalue weighted by Crippen LogP contribution is 2.29. The maximum Gasteiger partial charge on any atom is 0.287 e. The molecule has 6 nitrogen and oxygen atoms in total. The van der Waals surface area contributed by atoms with Gasteiger partial charge in [0.05, 0.1) is 11.2 Å². The molecular formula is C20H20N2O4S. The number of nitrogens with one attached hydrogen (secondary N) is 1. The Bertz CT molecular complexity index is 1030. The minimum Gasteiger partial charge on any atom is -0.459 e. The second-order valence-corrected chi connectivity index (χ2v) is 8.38. The number of pyridine rings is 1. The SMILES string of the molecule is Cc1ccc(S(=O)(=O)[C@H](CNC(=O)c2ccco2)c2cccnc2)cc1C. The van der Waals surface area contributed by atoms with E-state index in [2.05, 4.69) is 10.3 Å². The Labute approximate surface area is 158 Å². The molecular weight excluding hydrogens is 364 g/mol. The van der Waals surface area contributed by atoms with Crippen LogP contribution in [0.15, 0.2) is 70.4 Å². The zero-order valence-electron chi connectivity index (χ0n) is 15.0. The van der Waals surface area contributed by atoms with E-state index in [-0.39, 0.29) is 17.2 Å². The summed E-state index contributed by atoms with van der Waals surface area (Å²) in [6.07, 6.45) is 4.46. The van der Waals surface area contributed by atoms with E-state index in [1.54, 1.807) is 42.6 Å². The Hall–Kier alpha value is -2.93. The molecule has 2 heterocycles. The first kappa shape index (κ1) is 18.8. The highest BCUT2D eigenvalue weighted by molar-refractivity contribution is 7.91. The number of nitrogens with zero attached hydrogens (tertiary/aromatic N) is 1. The number of rotatable bonds is 6. The third-order valence-corrected chi connectivity index (χ3v) is 6.53. The first-order valence-corrected chi connectivity index (χ1v) is 9.97. The van der Waals surface area contributed by atoms with Crippen LogP contribution < -0.4 is 5.32 Å². The van der Waals surface area contributed by atoms with E-state index >= 15 is 0 Å². The number of carbonyl (C=O) groups is 1. The second-order valence-electron chi connectivity index (χ2n) is 6.25. The van der Waals surface area contributed by atoms with Gasteiger partial charge >= 0.3 is 0 Å². The lowest BCUT2D eigenvalue weighted by atomic mass is 10.1. The molecule has 140 valence electrons. The zero-order chi connectivity index (χ0) is 19.4. The van der Waals surface area contributed by atoms with Crippen molar-refractivity contribution in [1.82, 2.24) is 10.3 Å². The van der Waals surface area contributed by atoms with E-state index in [0.29, 0.717) is 5.56 Å². The van der Waals surface area contributed by atoms with Gasteiger partial charge < -0.3 is 9.73 Å². The van der Waals surface area contributed by atoms with Crippen LogP contribution in [0, 0.1) is 13.8 Å². The summed E-state index contributed by atoms with van der Waals surface area (Å²) in [6, 6.07) is 11.5. The molecule has 3 aromatic rings. The fraction of sp³-hybridized carbons (Fsp3) is 0.200. The molecule has 0 saturated heterocycles. The van der Waals surface area contributed by atoms with Gasteiger partial charge in [0.25, 0.3) is 5.91 Å². The summed E-state index contributed by atoms with van der Waals surface area (Å²) in [7, 11) is -3.74. The number of furan rings is 1. The number of carbonyl (C=O) groups excluding carboxylic acids is 1. The fourth-order valence-corrected chi connectivity index (χ4v) is 4.44. The molecule has 3 rings (SSSR count). The number of aromatic nitrogens is 1. The van der Waals surface area contributed by atoms with Crippen molar-refractivity contribution in [3.63, 3.8) is 0 Å². The standard InChI is InChI=1S/C20H20N2O4S/c1-14-7-8-17(11-15(14)2)27(24,25)19(16-5-3-9-21-12-16)13-22-20(23)18-6-4-10-26-18/h3-12,19H,13H2,1-2H3,(H,22,23)/t19-/m1/s1. The molecule has 0 unspecified atom stereocenters. The molecule has 0 bridgehead atoms. The van der Waals surface area contributed by atoms with Crippen molar-refractivity contribution in [2.45, 2.75) is 24.0 Å². The van der Waals surface area contributed by atoms with Crippen LogP contribution >= 0.6 is 0 Å². The number of sulfone groups is 1. The Morgan fingerprint density at radius 2 is 1.96 bits per heavy atom. The van der Waals surface area contributed by atoms with E-state index in [0.717, 1.165) is 11.1 Å². The zero-order valence-corrected chi connectivity index (χ0v) is 15.9. The van der Waals surface area contributed by atoms with Crippen LogP contribution in [0.4, 0.5) is 0 Å². The lowest BCUT2D eigenvalue weighted by Gasteiger charge is -2.19. The van der Waals surface area contributed by atoms with E-state index in [9.17, 15) is 13.2 Å². The Balaban J connectivity index is 1.94. The van der Waals surface area contributed by atoms with Gasteiger partial charge in [-0.2, -0.15) is 0 Å². The number of amides is 1. The van der Waals surface area contributed by atoms with Crippen LogP contribution in [0.1, 0.15) is 32.5 Å². The van der Waals surface area contributed by atoms with Gasteiger partial charge in [-0.05, 0) is 60.9 Å². The van der Waals surface area contributed by atoms with Crippen LogP contribution in [-0.4, -0.2) is 25.9 Å². The van der Waals surface area contributed by atoms with Crippen molar-refractivity contribution in [3.8, 4) is 0 Å². The van der Waals surface area contributed by atoms with Crippen molar-refractivity contribution in [2.24, 2.45) is 0 Å². The second kappa shape index (κ2) is 7.75. The van der Waals surface area contributed by atoms with Crippen molar-refractivity contribution >= 4 is 15.7 Å². The maximum atomic E-state index is 13.3. The molecule has 1 N–H and O–H groups in total. The van der Waals surface area contributed by atoms with Crippen LogP contribution in [0.2, 0.25) is 0 Å². The van der Waals surface area contributed by atoms with Crippen LogP contribution in [0.25, 0.3) is 0 Å². The highest BCUT2D eigenvalue weighted by atomic mass is 32.2. The summed E-state index contributed by atoms with van der Waals surface area (Å²) in [5, 5.41) is 1.68. The van der Waals surface area contributed by atoms with Gasteiger partial charge in [-0.3, -0.25) is 9.78 Å². The monoisotopic (exact) mass is 384 g/mol. The molecule has 0 fully saturated rings. The van der Waals surface area contributed by atoms with E-state index in [4.69, 9.17) is 4.42 Å². The summed E-state index contributed by atoms with van der Waals surface area (Å²) in [6.45, 7) is 3.69. The first-order chi connectivity index (χ1) is 12.9. The molecule has 0 aliphatic rings. The predicted octanol–water partition coefficient (Wildman–Crippen LogP) is 3.24. The number of aryl methyl sites for hydroxylation is 2. The quantitative estimate of drug-likeness (QED) is 0.705. The third kappa shape index (κ3) is 4.09. The largest absolute Gasteiger partial charge is 0.459 e. The van der Waals surface area contributed by atoms with E-state index in [1.165, 1.54) is 18.5 Å². The predicted molar refractivity (Wildman–Crippen MR) is 101 cm³/mol. The van der Waals surface area contributed by atoms with Gasteiger partial charge in [-0.25, -0.2) is 8.42 Å². The molecule has 27 heavy (non-hydrogen) atoms. The van der Waals surface area contributed by atoms with Crippen LogP contribution in [0.3, 0.4) is 0 Å². The number of hydrogen-bond acceptors (Lipinski definition) is 5. The van der Waals surface area contributed by atoms with Crippen molar-refractivity contribution < 1.29 is 17.6 Å². The van der Waals surface area contributed by atoms with Crippen LogP contribution in [-0.2, 0) is 9.84 Å². The van der Waals surface area contributed by atoms with Gasteiger partial charge in [0.15, 0.2) is 15.6 Å². The minimum atomic E-state index is -3.74. The first-order valence-electron chi connectivity index (χ1n) is 8.42. The normalized spacial score (nSPS) is 12.5. The van der Waals surface area contributed by atoms with Crippen LogP contribution in [0.5, 0.6) is 0 Å². The maximum absolute atomic E-state index is 13.3. The molecule has 1 atom stereocenters. The van der Waals surface area contributed by atoms with Crippen molar-refractivity contribution in [2.75, 3.05) is 6.54 Å². The summed E-state index contributed by atoms with van der Waals surface area (Å²) >= 11 is 0. The van der Waals surface area contributed by atoms with Gasteiger partial charge in [0.1, 0.15) is 5.25 Å². The van der Waals surface area contributed by atoms with Gasteiger partial charge in [0, 0.05) is 18.9 Å². The van der Waals surface area contributed by atoms with E-state index in [1.807, 2.05) is 13.8 Å². The smallest absolute Gasteiger partial charge is 0.287 e. The lowest BCUT2D eigenvalue weighted by Crippen LogP contribution is -2.31. The summed E-state index contributed by atoms with van der Waals surface area (Å²) < 4.78 is 31.6.